The molecule has 0 spiro atoms. The lowest BCUT2D eigenvalue weighted by Crippen LogP contribution is -2.46. The van der Waals surface area contributed by atoms with Crippen LogP contribution in [0.1, 0.15) is 71.1 Å². The van der Waals surface area contributed by atoms with Gasteiger partial charge in [0.25, 0.3) is 0 Å². The molecule has 4 atom stereocenters. The van der Waals surface area contributed by atoms with Gasteiger partial charge in [-0.05, 0) is 6.42 Å². The third kappa shape index (κ3) is 12.0. The molecular weight excluding hydrogens is 328 g/mol. The lowest BCUT2D eigenvalue weighted by Gasteiger charge is -2.23. The lowest BCUT2D eigenvalue weighted by atomic mass is 10.0. The molecule has 148 valence electrons. The summed E-state index contributed by atoms with van der Waals surface area (Å²) in [5, 5.41) is 37.6. The zero-order valence-electron chi connectivity index (χ0n) is 15.2. The number of unbranched alkanes of at least 4 members (excludes halogenated alkanes) is 8. The molecular formula is C18H34O7. The molecule has 0 aliphatic carbocycles. The Morgan fingerprint density at radius 2 is 1.40 bits per heavy atom. The number of esters is 1. The van der Waals surface area contributed by atoms with Crippen LogP contribution in [-0.4, -0.2) is 63.7 Å². The van der Waals surface area contributed by atoms with Crippen molar-refractivity contribution in [2.75, 3.05) is 6.61 Å². The van der Waals surface area contributed by atoms with E-state index in [1.54, 1.807) is 0 Å². The average molecular weight is 362 g/mol. The summed E-state index contributed by atoms with van der Waals surface area (Å²) in [6.07, 6.45) is 3.51. The van der Waals surface area contributed by atoms with Gasteiger partial charge in [-0.25, -0.2) is 0 Å². The van der Waals surface area contributed by atoms with Crippen LogP contribution in [0.3, 0.4) is 0 Å². The van der Waals surface area contributed by atoms with Gasteiger partial charge in [0.05, 0.1) is 0 Å². The second kappa shape index (κ2) is 15.3. The highest BCUT2D eigenvalue weighted by atomic mass is 16.5. The van der Waals surface area contributed by atoms with E-state index < -0.39 is 37.0 Å². The fourth-order valence-electron chi connectivity index (χ4n) is 2.44. The Hall–Kier alpha value is -1.02. The third-order valence-electron chi connectivity index (χ3n) is 4.13. The maximum absolute atomic E-state index is 11.6. The number of hydrogen-bond donors (Lipinski definition) is 4. The number of aliphatic hydroxyl groups is 4. The maximum atomic E-state index is 11.6. The van der Waals surface area contributed by atoms with Gasteiger partial charge in [0.2, 0.25) is 0 Å². The number of aliphatic hydroxyl groups excluding tert-OH is 4. The Morgan fingerprint density at radius 1 is 0.880 bits per heavy atom. The first kappa shape index (κ1) is 24.0. The van der Waals surface area contributed by atoms with E-state index in [1.807, 2.05) is 0 Å². The molecule has 0 saturated carbocycles. The zero-order valence-corrected chi connectivity index (χ0v) is 15.2. The summed E-state index contributed by atoms with van der Waals surface area (Å²) in [5.74, 6) is -0.486. The van der Waals surface area contributed by atoms with E-state index in [-0.39, 0.29) is 12.7 Å². The van der Waals surface area contributed by atoms with E-state index in [0.717, 1.165) is 12.8 Å². The van der Waals surface area contributed by atoms with Crippen LogP contribution in [-0.2, 0) is 14.3 Å². The third-order valence-corrected chi connectivity index (χ3v) is 4.13. The van der Waals surface area contributed by atoms with Gasteiger partial charge in [-0.1, -0.05) is 58.3 Å². The van der Waals surface area contributed by atoms with Crippen LogP contribution < -0.4 is 0 Å². The molecule has 4 N–H and O–H groups in total. The maximum Gasteiger partial charge on any atom is 0.305 e. The van der Waals surface area contributed by atoms with Crippen LogP contribution in [0.25, 0.3) is 0 Å². The van der Waals surface area contributed by atoms with Crippen LogP contribution >= 0.6 is 0 Å². The summed E-state index contributed by atoms with van der Waals surface area (Å²) in [6.45, 7) is 1.69. The van der Waals surface area contributed by atoms with Crippen molar-refractivity contribution >= 4 is 12.3 Å². The van der Waals surface area contributed by atoms with Crippen molar-refractivity contribution in [3.05, 3.63) is 0 Å². The molecule has 7 heteroatoms. The number of ether oxygens (including phenoxy) is 1. The average Bonchev–Trinajstić information content (AvgIpc) is 2.62. The summed E-state index contributed by atoms with van der Waals surface area (Å²) in [7, 11) is 0. The minimum Gasteiger partial charge on any atom is -0.463 e. The molecule has 25 heavy (non-hydrogen) atoms. The molecule has 0 saturated heterocycles. The Balaban J connectivity index is 3.68. The van der Waals surface area contributed by atoms with Crippen LogP contribution in [0.5, 0.6) is 0 Å². The van der Waals surface area contributed by atoms with Gasteiger partial charge in [-0.3, -0.25) is 4.79 Å². The summed E-state index contributed by atoms with van der Waals surface area (Å²) in [6, 6.07) is 0. The molecule has 0 aromatic heterocycles. The SMILES string of the molecule is CCCCCCCCCCCC(=O)OC[C@@H](O)[C@@H](O)[C@H](O)[C@H](O)C=O. The van der Waals surface area contributed by atoms with Crippen LogP contribution in [0, 0.1) is 0 Å². The first-order valence-electron chi connectivity index (χ1n) is 9.27. The van der Waals surface area contributed by atoms with E-state index in [4.69, 9.17) is 9.84 Å². The molecule has 0 rings (SSSR count). The van der Waals surface area contributed by atoms with Gasteiger partial charge in [-0.2, -0.15) is 0 Å². The van der Waals surface area contributed by atoms with Crippen molar-refractivity contribution in [2.45, 2.75) is 95.5 Å². The number of carbonyl (C=O) groups is 2. The first-order valence-corrected chi connectivity index (χ1v) is 9.27. The van der Waals surface area contributed by atoms with Crippen molar-refractivity contribution in [1.82, 2.24) is 0 Å². The van der Waals surface area contributed by atoms with Crippen molar-refractivity contribution < 1.29 is 34.8 Å². The van der Waals surface area contributed by atoms with Crippen molar-refractivity contribution in [1.29, 1.82) is 0 Å². The molecule has 0 aliphatic rings. The van der Waals surface area contributed by atoms with Gasteiger partial charge in [0, 0.05) is 6.42 Å². The highest BCUT2D eigenvalue weighted by molar-refractivity contribution is 5.69. The summed E-state index contributed by atoms with van der Waals surface area (Å²) >= 11 is 0. The Bertz CT molecular complexity index is 348. The minimum atomic E-state index is -1.83. The molecule has 0 amide bonds. The first-order chi connectivity index (χ1) is 11.9. The largest absolute Gasteiger partial charge is 0.463 e. The highest BCUT2D eigenvalue weighted by Gasteiger charge is 2.30. The Kier molecular flexibility index (Phi) is 14.6. The number of hydrogen-bond acceptors (Lipinski definition) is 7. The second-order valence-corrected chi connectivity index (χ2v) is 6.44. The fraction of sp³-hybridized carbons (Fsp3) is 0.889. The standard InChI is InChI=1S/C18H34O7/c1-2-3-4-5-6-7-8-9-10-11-16(22)25-13-15(21)18(24)17(23)14(20)12-19/h12,14-15,17-18,20-21,23-24H,2-11,13H2,1H3/t14-,15-,17-,18-/m1/s1. The molecule has 0 unspecified atom stereocenters. The molecule has 0 aromatic rings. The summed E-state index contributed by atoms with van der Waals surface area (Å²) in [4.78, 5) is 21.9. The number of carbonyl (C=O) groups excluding carboxylic acids is 2. The normalized spacial score (nSPS) is 16.0. The summed E-state index contributed by atoms with van der Waals surface area (Å²) in [5.41, 5.74) is 0. The molecule has 0 heterocycles. The predicted molar refractivity (Wildman–Crippen MR) is 92.9 cm³/mol. The molecule has 0 bridgehead atoms. The summed E-state index contributed by atoms with van der Waals surface area (Å²) < 4.78 is 4.83. The van der Waals surface area contributed by atoms with E-state index in [2.05, 4.69) is 6.92 Å². The van der Waals surface area contributed by atoms with Crippen molar-refractivity contribution in [2.24, 2.45) is 0 Å². The van der Waals surface area contributed by atoms with E-state index in [9.17, 15) is 24.9 Å². The number of aldehydes is 1. The molecule has 7 nitrogen and oxygen atoms in total. The second-order valence-electron chi connectivity index (χ2n) is 6.44. The number of rotatable bonds is 16. The molecule has 0 radical (unpaired) electrons. The quantitative estimate of drug-likeness (QED) is 0.184. The van der Waals surface area contributed by atoms with Crippen molar-refractivity contribution in [3.8, 4) is 0 Å². The highest BCUT2D eigenvalue weighted by Crippen LogP contribution is 2.11. The predicted octanol–water partition coefficient (Wildman–Crippen LogP) is 1.09. The fourth-order valence-corrected chi connectivity index (χ4v) is 2.44. The molecule has 0 fully saturated rings. The van der Waals surface area contributed by atoms with Gasteiger partial charge >= 0.3 is 5.97 Å². The van der Waals surface area contributed by atoms with E-state index in [1.165, 1.54) is 38.5 Å². The van der Waals surface area contributed by atoms with E-state index >= 15 is 0 Å². The smallest absolute Gasteiger partial charge is 0.305 e. The van der Waals surface area contributed by atoms with Crippen LogP contribution in [0.4, 0.5) is 0 Å². The zero-order chi connectivity index (χ0) is 19.1. The van der Waals surface area contributed by atoms with Crippen molar-refractivity contribution in [3.63, 3.8) is 0 Å². The van der Waals surface area contributed by atoms with Gasteiger partial charge in [-0.15, -0.1) is 0 Å². The van der Waals surface area contributed by atoms with Gasteiger partial charge in [0.15, 0.2) is 6.29 Å². The lowest BCUT2D eigenvalue weighted by molar-refractivity contribution is -0.156. The molecule has 0 aromatic carbocycles. The van der Waals surface area contributed by atoms with Crippen LogP contribution in [0.2, 0.25) is 0 Å². The monoisotopic (exact) mass is 362 g/mol. The van der Waals surface area contributed by atoms with Gasteiger partial charge < -0.3 is 30.0 Å². The van der Waals surface area contributed by atoms with Gasteiger partial charge in [0.1, 0.15) is 31.0 Å². The Morgan fingerprint density at radius 3 is 1.92 bits per heavy atom. The minimum absolute atomic E-state index is 0.0520. The topological polar surface area (TPSA) is 124 Å². The Labute approximate surface area is 150 Å². The molecule has 0 aliphatic heterocycles. The van der Waals surface area contributed by atoms with E-state index in [0.29, 0.717) is 6.42 Å². The van der Waals surface area contributed by atoms with Crippen LogP contribution in [0.15, 0.2) is 0 Å².